The summed E-state index contributed by atoms with van der Waals surface area (Å²) in [6.45, 7) is 3.98. The Balaban J connectivity index is 0.000000243. The first-order valence-corrected chi connectivity index (χ1v) is 13.1. The van der Waals surface area contributed by atoms with Gasteiger partial charge in [-0.3, -0.25) is 9.78 Å². The molecule has 34 heavy (non-hydrogen) atoms. The van der Waals surface area contributed by atoms with Crippen molar-refractivity contribution in [3.8, 4) is 16.5 Å². The van der Waals surface area contributed by atoms with Gasteiger partial charge in [0.25, 0.3) is 5.91 Å². The van der Waals surface area contributed by atoms with Gasteiger partial charge >= 0.3 is 0 Å². The minimum absolute atomic E-state index is 0.158. The van der Waals surface area contributed by atoms with Gasteiger partial charge in [-0.15, -0.1) is 11.3 Å². The van der Waals surface area contributed by atoms with Gasteiger partial charge in [-0.25, -0.2) is 9.97 Å². The van der Waals surface area contributed by atoms with Crippen LogP contribution in [-0.2, 0) is 0 Å². The monoisotopic (exact) mass is 500 g/mol. The zero-order valence-electron chi connectivity index (χ0n) is 19.9. The van der Waals surface area contributed by atoms with Crippen LogP contribution in [0, 0.1) is 0 Å². The van der Waals surface area contributed by atoms with E-state index in [0.717, 1.165) is 23.1 Å². The van der Waals surface area contributed by atoms with Gasteiger partial charge in [-0.1, -0.05) is 18.2 Å². The Morgan fingerprint density at radius 1 is 1.21 bits per heavy atom. The van der Waals surface area contributed by atoms with E-state index >= 15 is 0 Å². The highest BCUT2D eigenvalue weighted by atomic mass is 32.2. The molecule has 182 valence electrons. The first-order chi connectivity index (χ1) is 16.5. The minimum Gasteiger partial charge on any atom is -0.477 e. The second-order valence-corrected chi connectivity index (χ2v) is 10.0. The lowest BCUT2D eigenvalue weighted by atomic mass is 10.3. The number of hydrogen-bond acceptors (Lipinski definition) is 9. The van der Waals surface area contributed by atoms with Crippen LogP contribution in [0.2, 0.25) is 0 Å². The molecule has 2 aromatic heterocycles. The quantitative estimate of drug-likeness (QED) is 0.292. The summed E-state index contributed by atoms with van der Waals surface area (Å²) in [4.78, 5) is 27.6. The Labute approximate surface area is 209 Å². The number of nitrogens with one attached hydrogen (secondary N) is 2. The van der Waals surface area contributed by atoms with E-state index in [4.69, 9.17) is 4.74 Å². The fourth-order valence-electron chi connectivity index (χ4n) is 2.70. The van der Waals surface area contributed by atoms with Crippen LogP contribution in [0.25, 0.3) is 10.6 Å². The number of hydrogen-bond donors (Lipinski definition) is 2. The lowest BCUT2D eigenvalue weighted by Gasteiger charge is -2.08. The van der Waals surface area contributed by atoms with E-state index < -0.39 is 0 Å². The second kappa shape index (κ2) is 13.9. The fourth-order valence-corrected chi connectivity index (χ4v) is 4.30. The summed E-state index contributed by atoms with van der Waals surface area (Å²) in [7, 11) is 4.01. The molecule has 1 aliphatic rings. The maximum Gasteiger partial charge on any atom is 0.280 e. The maximum atomic E-state index is 12.1. The molecule has 1 fully saturated rings. The summed E-state index contributed by atoms with van der Waals surface area (Å²) in [6.07, 6.45) is 8.49. The van der Waals surface area contributed by atoms with Crippen molar-refractivity contribution in [1.82, 2.24) is 25.2 Å². The molecule has 2 N–H and O–H groups in total. The second-order valence-electron chi connectivity index (χ2n) is 7.90. The summed E-state index contributed by atoms with van der Waals surface area (Å²) in [6, 6.07) is 10.3. The molecule has 0 unspecified atom stereocenters. The molecule has 0 aliphatic heterocycles. The normalized spacial score (nSPS) is 12.6. The van der Waals surface area contributed by atoms with Gasteiger partial charge in [0.1, 0.15) is 5.69 Å². The van der Waals surface area contributed by atoms with Crippen molar-refractivity contribution in [3.05, 3.63) is 53.9 Å². The van der Waals surface area contributed by atoms with Gasteiger partial charge in [0.2, 0.25) is 5.88 Å². The molecule has 0 spiro atoms. The van der Waals surface area contributed by atoms with Crippen molar-refractivity contribution >= 4 is 34.9 Å². The zero-order chi connectivity index (χ0) is 24.2. The number of nitrogens with zero attached hydrogens (tertiary/aromatic N) is 4. The highest BCUT2D eigenvalue weighted by molar-refractivity contribution is 8.01. The van der Waals surface area contributed by atoms with E-state index in [2.05, 4.69) is 54.2 Å². The fraction of sp³-hybridized carbons (Fsp3) is 0.417. The number of benzene rings is 1. The van der Waals surface area contributed by atoms with Crippen LogP contribution in [-0.4, -0.2) is 64.8 Å². The summed E-state index contributed by atoms with van der Waals surface area (Å²) in [5.41, 5.74) is 1.87. The first-order valence-electron chi connectivity index (χ1n) is 11.4. The van der Waals surface area contributed by atoms with Crippen molar-refractivity contribution in [2.45, 2.75) is 31.4 Å². The van der Waals surface area contributed by atoms with Gasteiger partial charge in [0.15, 0.2) is 5.01 Å². The van der Waals surface area contributed by atoms with E-state index in [9.17, 15) is 4.79 Å². The molecule has 1 saturated carbocycles. The number of carbonyl (C=O) groups excluding carboxylic acids is 1. The number of rotatable bonds is 11. The molecule has 3 aromatic rings. The van der Waals surface area contributed by atoms with Gasteiger partial charge < -0.3 is 19.7 Å². The summed E-state index contributed by atoms with van der Waals surface area (Å²) in [5, 5.41) is 4.17. The first kappa shape index (κ1) is 25.9. The third-order valence-corrected chi connectivity index (χ3v) is 6.74. The van der Waals surface area contributed by atoms with Crippen molar-refractivity contribution in [2.24, 2.45) is 0 Å². The Kier molecular flexibility index (Phi) is 10.6. The average molecular weight is 501 g/mol. The number of amides is 1. The molecule has 0 atom stereocenters. The van der Waals surface area contributed by atoms with Crippen LogP contribution >= 0.6 is 23.3 Å². The van der Waals surface area contributed by atoms with Gasteiger partial charge in [-0.05, 0) is 70.9 Å². The Morgan fingerprint density at radius 3 is 2.71 bits per heavy atom. The van der Waals surface area contributed by atoms with Crippen LogP contribution in [0.3, 0.4) is 0 Å². The van der Waals surface area contributed by atoms with Crippen molar-refractivity contribution in [1.29, 1.82) is 0 Å². The molecule has 4 rings (SSSR count). The van der Waals surface area contributed by atoms with Crippen molar-refractivity contribution in [3.63, 3.8) is 0 Å². The minimum atomic E-state index is -0.158. The van der Waals surface area contributed by atoms with Gasteiger partial charge in [0, 0.05) is 23.7 Å². The zero-order valence-corrected chi connectivity index (χ0v) is 21.5. The predicted octanol–water partition coefficient (Wildman–Crippen LogP) is 4.59. The van der Waals surface area contributed by atoms with E-state index in [-0.39, 0.29) is 5.91 Å². The maximum absolute atomic E-state index is 12.1. The SMILES string of the molecule is CCOc1cncc(-c2cnc(C(=O)NCCCN(C)C)s2)n1.c1ccc(NSC2CC2)cc1. The van der Waals surface area contributed by atoms with Crippen LogP contribution in [0.1, 0.15) is 36.0 Å². The smallest absolute Gasteiger partial charge is 0.280 e. The molecule has 0 radical (unpaired) electrons. The standard InChI is InChI=1S/C15H21N5O2S.C9H11NS/c1-4-22-13-10-16-8-11(19-13)12-9-18-15(23-12)14(21)17-6-5-7-20(2)3;1-2-4-8(5-3-1)10-11-9-6-7-9/h8-10H,4-7H2,1-3H3,(H,17,21);1-5,9-10H,6-7H2. The molecule has 1 amide bonds. The number of aromatic nitrogens is 3. The van der Waals surface area contributed by atoms with E-state index in [1.165, 1.54) is 29.9 Å². The molecule has 0 saturated heterocycles. The molecular formula is C24H32N6O2S2. The van der Waals surface area contributed by atoms with Crippen molar-refractivity contribution < 1.29 is 9.53 Å². The Morgan fingerprint density at radius 2 is 2.00 bits per heavy atom. The predicted molar refractivity (Wildman–Crippen MR) is 140 cm³/mol. The molecule has 1 aliphatic carbocycles. The van der Waals surface area contributed by atoms with Gasteiger partial charge in [0.05, 0.1) is 23.9 Å². The van der Waals surface area contributed by atoms with Crippen LogP contribution in [0.4, 0.5) is 5.69 Å². The third-order valence-electron chi connectivity index (χ3n) is 4.57. The summed E-state index contributed by atoms with van der Waals surface area (Å²) in [5.74, 6) is 0.307. The highest BCUT2D eigenvalue weighted by Crippen LogP contribution is 2.34. The average Bonchev–Trinajstić information content (AvgIpc) is 3.55. The molecule has 8 nitrogen and oxygen atoms in total. The molecule has 0 bridgehead atoms. The number of anilines is 1. The Bertz CT molecular complexity index is 1010. The lowest BCUT2D eigenvalue weighted by Crippen LogP contribution is -2.26. The largest absolute Gasteiger partial charge is 0.477 e. The number of ether oxygens (including phenoxy) is 1. The molecule has 2 heterocycles. The van der Waals surface area contributed by atoms with Crippen LogP contribution in [0.15, 0.2) is 48.9 Å². The molecular weight excluding hydrogens is 468 g/mol. The lowest BCUT2D eigenvalue weighted by molar-refractivity contribution is 0.0952. The van der Waals surface area contributed by atoms with E-state index in [1.807, 2.05) is 39.0 Å². The highest BCUT2D eigenvalue weighted by Gasteiger charge is 2.21. The third kappa shape index (κ3) is 9.28. The van der Waals surface area contributed by atoms with Crippen LogP contribution < -0.4 is 14.8 Å². The van der Waals surface area contributed by atoms with Crippen molar-refractivity contribution in [2.75, 3.05) is 38.5 Å². The molecule has 10 heteroatoms. The topological polar surface area (TPSA) is 92.3 Å². The van der Waals surface area contributed by atoms with Gasteiger partial charge in [-0.2, -0.15) is 0 Å². The molecule has 1 aromatic carbocycles. The van der Waals surface area contributed by atoms with E-state index in [1.54, 1.807) is 18.6 Å². The summed E-state index contributed by atoms with van der Waals surface area (Å²) < 4.78 is 8.66. The Hall–Kier alpha value is -2.69. The number of carbonyl (C=O) groups is 1. The van der Waals surface area contributed by atoms with E-state index in [0.29, 0.717) is 29.7 Å². The van der Waals surface area contributed by atoms with Crippen LogP contribution in [0.5, 0.6) is 5.88 Å². The number of para-hydroxylation sites is 1. The number of thiazole rings is 1. The summed E-state index contributed by atoms with van der Waals surface area (Å²) >= 11 is 3.14.